The molecule has 0 bridgehead atoms. The standard InChI is InChI=1S/C18H24N6O2/c1-13-6-10-24-16(20-13)15(11-19-24)17(25)21-14-5-4-9-23(12-14)18(26)22-7-2-3-8-22/h6,10-11,14H,2-5,7-9,12H2,1H3,(H,21,25). The third kappa shape index (κ3) is 3.23. The number of likely N-dealkylation sites (tertiary alicyclic amines) is 2. The first kappa shape index (κ1) is 16.8. The van der Waals surface area contributed by atoms with Crippen LogP contribution in [0.5, 0.6) is 0 Å². The molecule has 138 valence electrons. The number of carbonyl (C=O) groups is 2. The summed E-state index contributed by atoms with van der Waals surface area (Å²) >= 11 is 0. The van der Waals surface area contributed by atoms with E-state index in [-0.39, 0.29) is 18.0 Å². The minimum absolute atomic E-state index is 0.0393. The third-order valence-electron chi connectivity index (χ3n) is 5.16. The number of nitrogens with one attached hydrogen (secondary N) is 1. The summed E-state index contributed by atoms with van der Waals surface area (Å²) in [5, 5.41) is 7.26. The second-order valence-corrected chi connectivity index (χ2v) is 7.13. The van der Waals surface area contributed by atoms with Gasteiger partial charge >= 0.3 is 6.03 Å². The van der Waals surface area contributed by atoms with Gasteiger partial charge < -0.3 is 15.1 Å². The lowest BCUT2D eigenvalue weighted by Crippen LogP contribution is -2.52. The molecule has 2 saturated heterocycles. The molecule has 4 rings (SSSR count). The van der Waals surface area contributed by atoms with Crippen LogP contribution in [0.1, 0.15) is 41.7 Å². The van der Waals surface area contributed by atoms with Crippen molar-refractivity contribution >= 4 is 17.6 Å². The van der Waals surface area contributed by atoms with Gasteiger partial charge in [0.15, 0.2) is 5.65 Å². The van der Waals surface area contributed by atoms with Gasteiger partial charge in [0.2, 0.25) is 0 Å². The number of hydrogen-bond donors (Lipinski definition) is 1. The van der Waals surface area contributed by atoms with E-state index in [0.29, 0.717) is 17.8 Å². The number of nitrogens with zero attached hydrogens (tertiary/aromatic N) is 5. The van der Waals surface area contributed by atoms with Crippen molar-refractivity contribution < 1.29 is 9.59 Å². The number of amides is 3. The molecule has 2 aromatic rings. The minimum atomic E-state index is -0.182. The molecule has 3 amide bonds. The van der Waals surface area contributed by atoms with Gasteiger partial charge in [-0.15, -0.1) is 0 Å². The zero-order valence-corrected chi connectivity index (χ0v) is 15.0. The molecule has 0 aliphatic carbocycles. The Hall–Kier alpha value is -2.64. The van der Waals surface area contributed by atoms with Crippen LogP contribution in [0, 0.1) is 6.92 Å². The van der Waals surface area contributed by atoms with Gasteiger partial charge in [0, 0.05) is 44.1 Å². The van der Waals surface area contributed by atoms with Crippen LogP contribution in [0.4, 0.5) is 4.79 Å². The number of carbonyl (C=O) groups excluding carboxylic acids is 2. The monoisotopic (exact) mass is 356 g/mol. The molecule has 1 N–H and O–H groups in total. The number of urea groups is 1. The van der Waals surface area contributed by atoms with E-state index in [9.17, 15) is 9.59 Å². The molecule has 8 heteroatoms. The van der Waals surface area contributed by atoms with Crippen molar-refractivity contribution in [3.8, 4) is 0 Å². The highest BCUT2D eigenvalue weighted by atomic mass is 16.2. The van der Waals surface area contributed by atoms with Gasteiger partial charge in [0.05, 0.1) is 6.20 Å². The Balaban J connectivity index is 1.43. The van der Waals surface area contributed by atoms with Crippen LogP contribution < -0.4 is 5.32 Å². The van der Waals surface area contributed by atoms with Gasteiger partial charge in [-0.3, -0.25) is 4.79 Å². The fraction of sp³-hybridized carbons (Fsp3) is 0.556. The maximum absolute atomic E-state index is 12.7. The van der Waals surface area contributed by atoms with Crippen molar-refractivity contribution in [1.29, 1.82) is 0 Å². The van der Waals surface area contributed by atoms with Crippen LogP contribution in [0.15, 0.2) is 18.5 Å². The van der Waals surface area contributed by atoms with Crippen molar-refractivity contribution in [3.63, 3.8) is 0 Å². The Morgan fingerprint density at radius 3 is 2.73 bits per heavy atom. The fourth-order valence-corrected chi connectivity index (χ4v) is 3.76. The Morgan fingerprint density at radius 2 is 1.92 bits per heavy atom. The SMILES string of the molecule is Cc1ccn2ncc(C(=O)NC3CCCN(C(=O)N4CCCC4)C3)c2n1. The quantitative estimate of drug-likeness (QED) is 0.883. The number of piperidine rings is 1. The summed E-state index contributed by atoms with van der Waals surface area (Å²) in [6, 6.07) is 1.92. The highest BCUT2D eigenvalue weighted by Crippen LogP contribution is 2.17. The molecular weight excluding hydrogens is 332 g/mol. The van der Waals surface area contributed by atoms with Crippen LogP contribution in [0.2, 0.25) is 0 Å². The normalized spacial score (nSPS) is 20.6. The lowest BCUT2D eigenvalue weighted by atomic mass is 10.1. The summed E-state index contributed by atoms with van der Waals surface area (Å²) in [5.74, 6) is -0.182. The summed E-state index contributed by atoms with van der Waals surface area (Å²) < 4.78 is 1.60. The topological polar surface area (TPSA) is 82.8 Å². The maximum Gasteiger partial charge on any atom is 0.320 e. The van der Waals surface area contributed by atoms with E-state index in [0.717, 1.165) is 51.0 Å². The first-order valence-electron chi connectivity index (χ1n) is 9.27. The molecule has 4 heterocycles. The largest absolute Gasteiger partial charge is 0.347 e. The molecule has 0 spiro atoms. The summed E-state index contributed by atoms with van der Waals surface area (Å²) in [5.41, 5.74) is 1.87. The van der Waals surface area contributed by atoms with Crippen LogP contribution in [0.3, 0.4) is 0 Å². The second-order valence-electron chi connectivity index (χ2n) is 7.13. The van der Waals surface area contributed by atoms with E-state index < -0.39 is 0 Å². The first-order chi connectivity index (χ1) is 12.6. The summed E-state index contributed by atoms with van der Waals surface area (Å²) in [4.78, 5) is 33.5. The Labute approximate surface area is 152 Å². The Bertz CT molecular complexity index is 826. The third-order valence-corrected chi connectivity index (χ3v) is 5.16. The average molecular weight is 356 g/mol. The molecular formula is C18H24N6O2. The van der Waals surface area contributed by atoms with Crippen molar-refractivity contribution in [3.05, 3.63) is 29.7 Å². The van der Waals surface area contributed by atoms with E-state index in [4.69, 9.17) is 0 Å². The van der Waals surface area contributed by atoms with Gasteiger partial charge in [-0.1, -0.05) is 0 Å². The summed E-state index contributed by atoms with van der Waals surface area (Å²) in [6.45, 7) is 4.91. The van der Waals surface area contributed by atoms with E-state index in [1.165, 1.54) is 0 Å². The van der Waals surface area contributed by atoms with Gasteiger partial charge in [0.25, 0.3) is 5.91 Å². The highest BCUT2D eigenvalue weighted by Gasteiger charge is 2.29. The maximum atomic E-state index is 12.7. The molecule has 0 saturated carbocycles. The van der Waals surface area contributed by atoms with Crippen LogP contribution >= 0.6 is 0 Å². The molecule has 0 aromatic carbocycles. The number of aryl methyl sites for hydroxylation is 1. The summed E-state index contributed by atoms with van der Waals surface area (Å²) in [6.07, 6.45) is 7.29. The van der Waals surface area contributed by atoms with Crippen molar-refractivity contribution in [2.75, 3.05) is 26.2 Å². The Kier molecular flexibility index (Phi) is 4.48. The van der Waals surface area contributed by atoms with Crippen molar-refractivity contribution in [2.24, 2.45) is 0 Å². The number of rotatable bonds is 2. The molecule has 1 atom stereocenters. The van der Waals surface area contributed by atoms with Gasteiger partial charge in [-0.05, 0) is 38.7 Å². The summed E-state index contributed by atoms with van der Waals surface area (Å²) in [7, 11) is 0. The van der Waals surface area contributed by atoms with E-state index in [1.807, 2.05) is 22.8 Å². The number of hydrogen-bond acceptors (Lipinski definition) is 4. The zero-order valence-electron chi connectivity index (χ0n) is 15.0. The second kappa shape index (κ2) is 6.93. The smallest absolute Gasteiger partial charge is 0.320 e. The van der Waals surface area contributed by atoms with Crippen LogP contribution in [0.25, 0.3) is 5.65 Å². The Morgan fingerprint density at radius 1 is 1.15 bits per heavy atom. The molecule has 2 fully saturated rings. The lowest BCUT2D eigenvalue weighted by Gasteiger charge is -2.35. The average Bonchev–Trinajstić information content (AvgIpc) is 3.31. The van der Waals surface area contributed by atoms with Crippen molar-refractivity contribution in [2.45, 2.75) is 38.6 Å². The van der Waals surface area contributed by atoms with Gasteiger partial charge in [-0.2, -0.15) is 5.10 Å². The van der Waals surface area contributed by atoms with E-state index in [1.54, 1.807) is 16.9 Å². The molecule has 2 aromatic heterocycles. The van der Waals surface area contributed by atoms with Crippen LogP contribution in [-0.4, -0.2) is 68.6 Å². The zero-order chi connectivity index (χ0) is 18.1. The fourth-order valence-electron chi connectivity index (χ4n) is 3.76. The predicted molar refractivity (Wildman–Crippen MR) is 96.0 cm³/mol. The minimum Gasteiger partial charge on any atom is -0.347 e. The molecule has 26 heavy (non-hydrogen) atoms. The number of fused-ring (bicyclic) bond motifs is 1. The molecule has 0 radical (unpaired) electrons. The van der Waals surface area contributed by atoms with Gasteiger partial charge in [0.1, 0.15) is 5.56 Å². The highest BCUT2D eigenvalue weighted by molar-refractivity contribution is 5.99. The van der Waals surface area contributed by atoms with E-state index in [2.05, 4.69) is 15.4 Å². The molecule has 1 unspecified atom stereocenters. The van der Waals surface area contributed by atoms with Gasteiger partial charge in [-0.25, -0.2) is 14.3 Å². The molecule has 8 nitrogen and oxygen atoms in total. The van der Waals surface area contributed by atoms with Crippen molar-refractivity contribution in [1.82, 2.24) is 29.7 Å². The van der Waals surface area contributed by atoms with Crippen LogP contribution in [-0.2, 0) is 0 Å². The van der Waals surface area contributed by atoms with E-state index >= 15 is 0 Å². The molecule has 2 aliphatic rings. The number of aromatic nitrogens is 3. The first-order valence-corrected chi connectivity index (χ1v) is 9.27. The predicted octanol–water partition coefficient (Wildman–Crippen LogP) is 1.45. The molecule has 2 aliphatic heterocycles. The lowest BCUT2D eigenvalue weighted by molar-refractivity contribution is 0.0902.